The molecule has 0 fully saturated rings. The van der Waals surface area contributed by atoms with Gasteiger partial charge in [0.25, 0.3) is 5.91 Å². The van der Waals surface area contributed by atoms with Gasteiger partial charge in [0.1, 0.15) is 5.01 Å². The number of carbonyl (C=O) groups is 1. The third-order valence-corrected chi connectivity index (χ3v) is 5.57. The number of amides is 1. The second kappa shape index (κ2) is 11.5. The van der Waals surface area contributed by atoms with Crippen LogP contribution >= 0.6 is 11.3 Å². The molecule has 0 aliphatic heterocycles. The second-order valence-electron chi connectivity index (χ2n) is 7.07. The molecule has 170 valence electrons. The maximum Gasteiger partial charge on any atom is 0.257 e. The maximum absolute atomic E-state index is 12.9. The molecular weight excluding hydrogens is 426 g/mol. The number of ether oxygens (including phenoxy) is 3. The number of nitrogens with one attached hydrogen (secondary N) is 1. The summed E-state index contributed by atoms with van der Waals surface area (Å²) in [5, 5.41) is 12.5. The van der Waals surface area contributed by atoms with Gasteiger partial charge >= 0.3 is 0 Å². The van der Waals surface area contributed by atoms with E-state index in [-0.39, 0.29) is 5.91 Å². The van der Waals surface area contributed by atoms with Gasteiger partial charge in [0, 0.05) is 12.0 Å². The van der Waals surface area contributed by atoms with Gasteiger partial charge in [0.05, 0.1) is 19.8 Å². The van der Waals surface area contributed by atoms with E-state index >= 15 is 0 Å². The molecule has 1 atom stereocenters. The molecule has 1 unspecified atom stereocenters. The van der Waals surface area contributed by atoms with Crippen LogP contribution in [0, 0.1) is 0 Å². The normalized spacial score (nSPS) is 11.6. The molecule has 0 saturated carbocycles. The molecule has 0 bridgehead atoms. The Balaban J connectivity index is 1.75. The first-order chi connectivity index (χ1) is 15.5. The van der Waals surface area contributed by atoms with Gasteiger partial charge in [-0.2, -0.15) is 0 Å². The van der Waals surface area contributed by atoms with E-state index in [0.29, 0.717) is 53.7 Å². The molecule has 2 aromatic carbocycles. The molecule has 1 heterocycles. The lowest BCUT2D eigenvalue weighted by Crippen LogP contribution is -2.13. The van der Waals surface area contributed by atoms with E-state index in [2.05, 4.69) is 34.6 Å². The van der Waals surface area contributed by atoms with E-state index in [4.69, 9.17) is 14.2 Å². The fourth-order valence-electron chi connectivity index (χ4n) is 3.24. The van der Waals surface area contributed by atoms with Gasteiger partial charge in [-0.05, 0) is 44.4 Å². The quantitative estimate of drug-likeness (QED) is 0.421. The Labute approximate surface area is 192 Å². The van der Waals surface area contributed by atoms with Crippen LogP contribution in [0.1, 0.15) is 54.5 Å². The number of carbonyl (C=O) groups excluding carboxylic acids is 1. The molecule has 3 rings (SSSR count). The number of aromatic nitrogens is 2. The highest BCUT2D eigenvalue weighted by atomic mass is 32.1. The smallest absolute Gasteiger partial charge is 0.257 e. The zero-order valence-electron chi connectivity index (χ0n) is 18.9. The highest BCUT2D eigenvalue weighted by Gasteiger charge is 2.19. The maximum atomic E-state index is 12.9. The molecule has 1 N–H and O–H groups in total. The van der Waals surface area contributed by atoms with E-state index in [1.165, 1.54) is 16.9 Å². The van der Waals surface area contributed by atoms with Crippen molar-refractivity contribution in [1.82, 2.24) is 10.2 Å². The number of hydrogen-bond donors (Lipinski definition) is 1. The van der Waals surface area contributed by atoms with Crippen molar-refractivity contribution in [2.24, 2.45) is 0 Å². The van der Waals surface area contributed by atoms with Crippen molar-refractivity contribution in [2.45, 2.75) is 40.0 Å². The van der Waals surface area contributed by atoms with Crippen LogP contribution < -0.4 is 19.5 Å². The lowest BCUT2D eigenvalue weighted by Gasteiger charge is -2.16. The molecule has 32 heavy (non-hydrogen) atoms. The van der Waals surface area contributed by atoms with Crippen LogP contribution in [0.3, 0.4) is 0 Å². The van der Waals surface area contributed by atoms with Gasteiger partial charge in [-0.1, -0.05) is 48.6 Å². The molecule has 8 heteroatoms. The monoisotopic (exact) mass is 455 g/mol. The summed E-state index contributed by atoms with van der Waals surface area (Å²) < 4.78 is 17.1. The van der Waals surface area contributed by atoms with Crippen molar-refractivity contribution in [1.29, 1.82) is 0 Å². The lowest BCUT2D eigenvalue weighted by molar-refractivity contribution is 0.102. The van der Waals surface area contributed by atoms with Crippen molar-refractivity contribution in [3.63, 3.8) is 0 Å². The minimum atomic E-state index is -0.311. The summed E-state index contributed by atoms with van der Waals surface area (Å²) in [5.74, 6) is 1.44. The van der Waals surface area contributed by atoms with Crippen LogP contribution in [0.5, 0.6) is 17.2 Å². The molecule has 0 spiro atoms. The number of anilines is 1. The summed E-state index contributed by atoms with van der Waals surface area (Å²) in [7, 11) is 0. The average Bonchev–Trinajstić information content (AvgIpc) is 3.23. The fraction of sp³-hybridized carbons (Fsp3) is 0.375. The predicted octanol–water partition coefficient (Wildman–Crippen LogP) is 5.33. The summed E-state index contributed by atoms with van der Waals surface area (Å²) >= 11 is 1.38. The largest absolute Gasteiger partial charge is 0.490 e. The fourth-order valence-corrected chi connectivity index (χ4v) is 4.10. The number of rotatable bonds is 11. The predicted molar refractivity (Wildman–Crippen MR) is 126 cm³/mol. The average molecular weight is 456 g/mol. The van der Waals surface area contributed by atoms with Gasteiger partial charge in [0.2, 0.25) is 10.9 Å². The lowest BCUT2D eigenvalue weighted by atomic mass is 9.98. The Morgan fingerprint density at radius 2 is 1.59 bits per heavy atom. The molecule has 0 saturated heterocycles. The van der Waals surface area contributed by atoms with Crippen LogP contribution in [-0.4, -0.2) is 35.9 Å². The third kappa shape index (κ3) is 5.97. The van der Waals surface area contributed by atoms with Gasteiger partial charge < -0.3 is 14.2 Å². The molecule has 0 radical (unpaired) electrons. The summed E-state index contributed by atoms with van der Waals surface area (Å²) in [5.41, 5.74) is 1.64. The first kappa shape index (κ1) is 23.5. The van der Waals surface area contributed by atoms with Crippen LogP contribution in [-0.2, 0) is 6.42 Å². The van der Waals surface area contributed by atoms with Crippen LogP contribution in [0.2, 0.25) is 0 Å². The molecule has 1 aromatic heterocycles. The van der Waals surface area contributed by atoms with Crippen LogP contribution in [0.15, 0.2) is 42.5 Å². The van der Waals surface area contributed by atoms with Crippen LogP contribution in [0.4, 0.5) is 5.13 Å². The molecule has 7 nitrogen and oxygen atoms in total. The number of hydrogen-bond acceptors (Lipinski definition) is 7. The van der Waals surface area contributed by atoms with Crippen molar-refractivity contribution in [2.75, 3.05) is 25.1 Å². The van der Waals surface area contributed by atoms with E-state index < -0.39 is 0 Å². The van der Waals surface area contributed by atoms with Gasteiger partial charge in [0.15, 0.2) is 11.5 Å². The minimum Gasteiger partial charge on any atom is -0.490 e. The van der Waals surface area contributed by atoms with Gasteiger partial charge in [-0.3, -0.25) is 10.1 Å². The minimum absolute atomic E-state index is 0.307. The summed E-state index contributed by atoms with van der Waals surface area (Å²) in [6.45, 7) is 9.13. The Bertz CT molecular complexity index is 996. The zero-order valence-corrected chi connectivity index (χ0v) is 19.7. The van der Waals surface area contributed by atoms with Crippen LogP contribution in [0.25, 0.3) is 0 Å². The summed E-state index contributed by atoms with van der Waals surface area (Å²) in [6, 6.07) is 13.6. The topological polar surface area (TPSA) is 82.6 Å². The number of benzene rings is 2. The third-order valence-electron chi connectivity index (χ3n) is 4.71. The Kier molecular flexibility index (Phi) is 8.44. The second-order valence-corrected chi connectivity index (χ2v) is 8.13. The first-order valence-electron chi connectivity index (χ1n) is 10.8. The summed E-state index contributed by atoms with van der Waals surface area (Å²) in [4.78, 5) is 12.9. The first-order valence-corrected chi connectivity index (χ1v) is 11.6. The van der Waals surface area contributed by atoms with E-state index in [1.54, 1.807) is 12.1 Å². The molecule has 1 amide bonds. The molecule has 0 aliphatic carbocycles. The van der Waals surface area contributed by atoms with Crippen molar-refractivity contribution >= 4 is 22.4 Å². The Morgan fingerprint density at radius 1 is 0.969 bits per heavy atom. The summed E-state index contributed by atoms with van der Waals surface area (Å²) in [6.07, 6.45) is 0.754. The van der Waals surface area contributed by atoms with Gasteiger partial charge in [-0.15, -0.1) is 10.2 Å². The molecule has 0 aliphatic rings. The number of nitrogens with zero attached hydrogens (tertiary/aromatic N) is 2. The van der Waals surface area contributed by atoms with E-state index in [0.717, 1.165) is 11.4 Å². The van der Waals surface area contributed by atoms with Gasteiger partial charge in [-0.25, -0.2) is 0 Å². The van der Waals surface area contributed by atoms with Crippen molar-refractivity contribution in [3.05, 3.63) is 58.6 Å². The highest BCUT2D eigenvalue weighted by molar-refractivity contribution is 7.15. The standard InChI is InChI=1S/C24H29N3O4S/c1-5-29-19-14-18(15-20(30-6-2)22(19)31-7-3)23(28)25-24-27-26-21(32-24)13-16(4)17-11-9-8-10-12-17/h8-12,14-16H,5-7,13H2,1-4H3,(H,25,27,28). The zero-order chi connectivity index (χ0) is 22.9. The van der Waals surface area contributed by atoms with E-state index in [1.807, 2.05) is 39.0 Å². The van der Waals surface area contributed by atoms with Crippen molar-refractivity contribution < 1.29 is 19.0 Å². The van der Waals surface area contributed by atoms with Crippen molar-refractivity contribution in [3.8, 4) is 17.2 Å². The molecule has 3 aromatic rings. The molecular formula is C24H29N3O4S. The van der Waals surface area contributed by atoms with E-state index in [9.17, 15) is 4.79 Å². The SMILES string of the molecule is CCOc1cc(C(=O)Nc2nnc(CC(C)c3ccccc3)s2)cc(OCC)c1OCC. The highest BCUT2D eigenvalue weighted by Crippen LogP contribution is 2.39. The Hall–Kier alpha value is -3.13. The Morgan fingerprint density at radius 3 is 2.19 bits per heavy atom.